The van der Waals surface area contributed by atoms with E-state index in [1.807, 2.05) is 6.92 Å². The Bertz CT molecular complexity index is 655. The molecule has 0 unspecified atom stereocenters. The van der Waals surface area contributed by atoms with Crippen LogP contribution in [0.3, 0.4) is 0 Å². The predicted molar refractivity (Wildman–Crippen MR) is 92.6 cm³/mol. The number of aryl methyl sites for hydroxylation is 2. The maximum absolute atomic E-state index is 5.71. The zero-order valence-electron chi connectivity index (χ0n) is 14.0. The highest BCUT2D eigenvalue weighted by Gasteiger charge is 2.27. The third-order valence-electron chi connectivity index (χ3n) is 5.42. The molecule has 1 aromatic heterocycles. The molecular formula is C20H26N2O. The highest BCUT2D eigenvalue weighted by Crippen LogP contribution is 2.25. The van der Waals surface area contributed by atoms with Gasteiger partial charge in [0.25, 0.3) is 0 Å². The maximum atomic E-state index is 5.71. The first kappa shape index (κ1) is 15.0. The molecule has 0 spiro atoms. The van der Waals surface area contributed by atoms with Crippen LogP contribution in [0, 0.1) is 6.92 Å². The highest BCUT2D eigenvalue weighted by atomic mass is 16.3. The van der Waals surface area contributed by atoms with E-state index in [4.69, 9.17) is 4.42 Å². The van der Waals surface area contributed by atoms with Crippen molar-refractivity contribution in [3.8, 4) is 0 Å². The van der Waals surface area contributed by atoms with Crippen LogP contribution in [0.5, 0.6) is 0 Å². The van der Waals surface area contributed by atoms with Crippen LogP contribution in [0.1, 0.15) is 29.1 Å². The molecular weight excluding hydrogens is 284 g/mol. The van der Waals surface area contributed by atoms with Crippen LogP contribution < -0.4 is 0 Å². The van der Waals surface area contributed by atoms with Crippen LogP contribution in [0.2, 0.25) is 0 Å². The molecule has 1 saturated heterocycles. The number of nitrogens with zero attached hydrogens (tertiary/aromatic N) is 2. The van der Waals surface area contributed by atoms with Crippen LogP contribution in [0.15, 0.2) is 40.8 Å². The van der Waals surface area contributed by atoms with Crippen molar-refractivity contribution in [2.24, 2.45) is 0 Å². The first-order valence-electron chi connectivity index (χ1n) is 8.86. The van der Waals surface area contributed by atoms with Crippen LogP contribution in [-0.2, 0) is 19.4 Å². The summed E-state index contributed by atoms with van der Waals surface area (Å²) in [6.45, 7) is 7.65. The van der Waals surface area contributed by atoms with Crippen molar-refractivity contribution < 1.29 is 4.42 Å². The van der Waals surface area contributed by atoms with Crippen molar-refractivity contribution in [1.29, 1.82) is 0 Å². The molecule has 122 valence electrons. The summed E-state index contributed by atoms with van der Waals surface area (Å²) in [7, 11) is 0. The number of furan rings is 1. The smallest absolute Gasteiger partial charge is 0.118 e. The van der Waals surface area contributed by atoms with Gasteiger partial charge in [-0.3, -0.25) is 9.80 Å². The third kappa shape index (κ3) is 3.36. The van der Waals surface area contributed by atoms with E-state index in [-0.39, 0.29) is 0 Å². The summed E-state index contributed by atoms with van der Waals surface area (Å²) in [5, 5.41) is 0. The van der Waals surface area contributed by atoms with Gasteiger partial charge in [-0.2, -0.15) is 0 Å². The normalized spacial score (nSPS) is 22.9. The molecule has 23 heavy (non-hydrogen) atoms. The molecule has 1 atom stereocenters. The molecule has 0 bridgehead atoms. The van der Waals surface area contributed by atoms with Crippen molar-refractivity contribution in [2.75, 3.05) is 26.2 Å². The maximum Gasteiger partial charge on any atom is 0.118 e. The molecule has 0 amide bonds. The van der Waals surface area contributed by atoms with Crippen LogP contribution in [0.4, 0.5) is 0 Å². The van der Waals surface area contributed by atoms with E-state index in [0.717, 1.165) is 37.2 Å². The first-order valence-corrected chi connectivity index (χ1v) is 8.86. The number of hydrogen-bond donors (Lipinski definition) is 0. The quantitative estimate of drug-likeness (QED) is 0.867. The second kappa shape index (κ2) is 6.50. The fourth-order valence-electron chi connectivity index (χ4n) is 4.07. The molecule has 1 aliphatic heterocycles. The van der Waals surface area contributed by atoms with Gasteiger partial charge in [0.1, 0.15) is 11.5 Å². The van der Waals surface area contributed by atoms with Gasteiger partial charge in [-0.15, -0.1) is 0 Å². The molecule has 0 radical (unpaired) electrons. The molecule has 2 aliphatic rings. The monoisotopic (exact) mass is 310 g/mol. The Labute approximate surface area is 138 Å². The molecule has 4 rings (SSSR count). The van der Waals surface area contributed by atoms with Gasteiger partial charge in [0.15, 0.2) is 0 Å². The van der Waals surface area contributed by atoms with E-state index in [0.29, 0.717) is 0 Å². The molecule has 0 saturated carbocycles. The SMILES string of the molecule is Cc1ccc(CN2CCN([C@@H]3CCc4ccccc4C3)CC2)o1. The second-order valence-electron chi connectivity index (χ2n) is 6.99. The van der Waals surface area contributed by atoms with Gasteiger partial charge in [-0.25, -0.2) is 0 Å². The standard InChI is InChI=1S/C20H26N2O/c1-16-6-9-20(23-16)15-21-10-12-22(13-11-21)19-8-7-17-4-2-3-5-18(17)14-19/h2-6,9,19H,7-8,10-15H2,1H3/t19-/m1/s1. The van der Waals surface area contributed by atoms with E-state index in [2.05, 4.69) is 46.2 Å². The zero-order valence-corrected chi connectivity index (χ0v) is 14.0. The van der Waals surface area contributed by atoms with Crippen LogP contribution >= 0.6 is 0 Å². The first-order chi connectivity index (χ1) is 11.3. The van der Waals surface area contributed by atoms with Gasteiger partial charge < -0.3 is 4.42 Å². The largest absolute Gasteiger partial charge is 0.465 e. The van der Waals surface area contributed by atoms with E-state index in [1.54, 1.807) is 11.1 Å². The molecule has 3 heteroatoms. The van der Waals surface area contributed by atoms with Crippen molar-refractivity contribution in [2.45, 2.75) is 38.8 Å². The summed E-state index contributed by atoms with van der Waals surface area (Å²) in [5.41, 5.74) is 3.13. The van der Waals surface area contributed by atoms with Gasteiger partial charge >= 0.3 is 0 Å². The van der Waals surface area contributed by atoms with Gasteiger partial charge in [-0.05, 0) is 49.4 Å². The summed E-state index contributed by atoms with van der Waals surface area (Å²) in [6.07, 6.45) is 3.79. The van der Waals surface area contributed by atoms with E-state index in [1.165, 1.54) is 32.4 Å². The summed E-state index contributed by atoms with van der Waals surface area (Å²) < 4.78 is 5.71. The Morgan fingerprint density at radius 3 is 2.52 bits per heavy atom. The van der Waals surface area contributed by atoms with E-state index < -0.39 is 0 Å². The summed E-state index contributed by atoms with van der Waals surface area (Å²) in [5.74, 6) is 2.11. The van der Waals surface area contributed by atoms with E-state index in [9.17, 15) is 0 Å². The van der Waals surface area contributed by atoms with Crippen LogP contribution in [-0.4, -0.2) is 42.0 Å². The topological polar surface area (TPSA) is 19.6 Å². The lowest BCUT2D eigenvalue weighted by Crippen LogP contribution is -2.51. The third-order valence-corrected chi connectivity index (χ3v) is 5.42. The average Bonchev–Trinajstić information content (AvgIpc) is 3.00. The minimum Gasteiger partial charge on any atom is -0.465 e. The van der Waals surface area contributed by atoms with E-state index >= 15 is 0 Å². The summed E-state index contributed by atoms with van der Waals surface area (Å²) in [6, 6.07) is 13.9. The van der Waals surface area contributed by atoms with Gasteiger partial charge in [0, 0.05) is 32.2 Å². The molecule has 1 fully saturated rings. The molecule has 0 N–H and O–H groups in total. The van der Waals surface area contributed by atoms with Crippen molar-refractivity contribution in [1.82, 2.24) is 9.80 Å². The van der Waals surface area contributed by atoms with Gasteiger partial charge in [-0.1, -0.05) is 24.3 Å². The Hall–Kier alpha value is -1.58. The minimum atomic E-state index is 0.734. The number of piperazine rings is 1. The van der Waals surface area contributed by atoms with Crippen molar-refractivity contribution in [3.05, 3.63) is 59.0 Å². The fraction of sp³-hybridized carbons (Fsp3) is 0.500. The Morgan fingerprint density at radius 1 is 1.00 bits per heavy atom. The molecule has 3 nitrogen and oxygen atoms in total. The Morgan fingerprint density at radius 2 is 1.78 bits per heavy atom. The van der Waals surface area contributed by atoms with Gasteiger partial charge in [0.2, 0.25) is 0 Å². The Kier molecular flexibility index (Phi) is 4.23. The van der Waals surface area contributed by atoms with Gasteiger partial charge in [0.05, 0.1) is 6.54 Å². The number of rotatable bonds is 3. The average molecular weight is 310 g/mol. The van der Waals surface area contributed by atoms with Crippen LogP contribution in [0.25, 0.3) is 0 Å². The highest BCUT2D eigenvalue weighted by molar-refractivity contribution is 5.30. The lowest BCUT2D eigenvalue weighted by Gasteiger charge is -2.41. The minimum absolute atomic E-state index is 0.734. The van der Waals surface area contributed by atoms with Crippen molar-refractivity contribution in [3.63, 3.8) is 0 Å². The number of hydrogen-bond acceptors (Lipinski definition) is 3. The fourth-order valence-corrected chi connectivity index (χ4v) is 4.07. The molecule has 2 heterocycles. The predicted octanol–water partition coefficient (Wildman–Crippen LogP) is 3.26. The number of fused-ring (bicyclic) bond motifs is 1. The lowest BCUT2D eigenvalue weighted by atomic mass is 9.87. The summed E-state index contributed by atoms with van der Waals surface area (Å²) >= 11 is 0. The lowest BCUT2D eigenvalue weighted by molar-refractivity contribution is 0.0817. The molecule has 1 aliphatic carbocycles. The second-order valence-corrected chi connectivity index (χ2v) is 6.99. The Balaban J connectivity index is 1.32. The molecule has 1 aromatic carbocycles. The molecule has 2 aromatic rings. The summed E-state index contributed by atoms with van der Waals surface area (Å²) in [4.78, 5) is 5.23. The zero-order chi connectivity index (χ0) is 15.6. The van der Waals surface area contributed by atoms with Crippen molar-refractivity contribution >= 4 is 0 Å². The number of benzene rings is 1.